The predicted octanol–water partition coefficient (Wildman–Crippen LogP) is 4.63. The summed E-state index contributed by atoms with van der Waals surface area (Å²) in [6, 6.07) is 19.7. The number of nitrogens with zero attached hydrogens (tertiary/aromatic N) is 1. The van der Waals surface area contributed by atoms with Gasteiger partial charge in [0.15, 0.2) is 0 Å². The summed E-state index contributed by atoms with van der Waals surface area (Å²) in [5.41, 5.74) is 5.51. The van der Waals surface area contributed by atoms with Crippen LogP contribution in [0.4, 0.5) is 0 Å². The summed E-state index contributed by atoms with van der Waals surface area (Å²) >= 11 is 0. The van der Waals surface area contributed by atoms with Crippen LogP contribution in [0.15, 0.2) is 60.7 Å². The summed E-state index contributed by atoms with van der Waals surface area (Å²) < 4.78 is 11.2. The molecule has 168 valence electrons. The smallest absolute Gasteiger partial charge is 0.123 e. The molecule has 0 aromatic heterocycles. The van der Waals surface area contributed by atoms with Crippen molar-refractivity contribution in [2.75, 3.05) is 33.4 Å². The number of ether oxygens (including phenoxy) is 2. The monoisotopic (exact) mass is 433 g/mol. The number of rotatable bonds is 9. The molecule has 0 spiro atoms. The number of likely N-dealkylation sites (tertiary alicyclic amines) is 1. The van der Waals surface area contributed by atoms with E-state index < -0.39 is 0 Å². The highest BCUT2D eigenvalue weighted by Gasteiger charge is 2.15. The number of methoxy groups -OCH3 is 1. The SMILES string of the molecule is COc1cc(Cc2ccc(O)cc2-c2ccc(OCCO)cc2)ccc1CN1CCCC1. The lowest BCUT2D eigenvalue weighted by molar-refractivity contribution is 0.201. The van der Waals surface area contributed by atoms with Crippen molar-refractivity contribution in [2.45, 2.75) is 25.8 Å². The molecule has 0 aliphatic carbocycles. The minimum Gasteiger partial charge on any atom is -0.508 e. The van der Waals surface area contributed by atoms with E-state index in [0.29, 0.717) is 5.75 Å². The molecular weight excluding hydrogens is 402 g/mol. The predicted molar refractivity (Wildman–Crippen MR) is 126 cm³/mol. The zero-order valence-electron chi connectivity index (χ0n) is 18.6. The van der Waals surface area contributed by atoms with Crippen molar-refractivity contribution in [1.29, 1.82) is 0 Å². The van der Waals surface area contributed by atoms with Gasteiger partial charge >= 0.3 is 0 Å². The van der Waals surface area contributed by atoms with Crippen LogP contribution in [0.3, 0.4) is 0 Å². The molecule has 1 saturated heterocycles. The number of benzene rings is 3. The third-order valence-corrected chi connectivity index (χ3v) is 5.96. The molecule has 0 bridgehead atoms. The Morgan fingerprint density at radius 1 is 0.906 bits per heavy atom. The Morgan fingerprint density at radius 2 is 1.66 bits per heavy atom. The van der Waals surface area contributed by atoms with Gasteiger partial charge in [0.25, 0.3) is 0 Å². The van der Waals surface area contributed by atoms with Gasteiger partial charge in [-0.1, -0.05) is 30.3 Å². The van der Waals surface area contributed by atoms with Crippen LogP contribution in [0.5, 0.6) is 17.2 Å². The third kappa shape index (κ3) is 5.42. The van der Waals surface area contributed by atoms with Crippen LogP contribution in [0.2, 0.25) is 0 Å². The lowest BCUT2D eigenvalue weighted by atomic mass is 9.94. The maximum absolute atomic E-state index is 10.1. The van der Waals surface area contributed by atoms with E-state index in [1.165, 1.54) is 24.0 Å². The Morgan fingerprint density at radius 3 is 2.38 bits per heavy atom. The van der Waals surface area contributed by atoms with Gasteiger partial charge in [0, 0.05) is 12.1 Å². The van der Waals surface area contributed by atoms with Gasteiger partial charge in [-0.25, -0.2) is 0 Å². The number of hydrogen-bond acceptors (Lipinski definition) is 5. The average molecular weight is 434 g/mol. The van der Waals surface area contributed by atoms with Crippen molar-refractivity contribution in [3.05, 3.63) is 77.4 Å². The first-order chi connectivity index (χ1) is 15.7. The van der Waals surface area contributed by atoms with E-state index in [4.69, 9.17) is 14.6 Å². The van der Waals surface area contributed by atoms with Gasteiger partial charge in [0.2, 0.25) is 0 Å². The second kappa shape index (κ2) is 10.5. The zero-order chi connectivity index (χ0) is 22.3. The molecule has 5 nitrogen and oxygen atoms in total. The Kier molecular flexibility index (Phi) is 7.30. The molecule has 0 radical (unpaired) electrons. The van der Waals surface area contributed by atoms with Gasteiger partial charge in [-0.3, -0.25) is 4.90 Å². The minimum absolute atomic E-state index is 0.0151. The second-order valence-corrected chi connectivity index (χ2v) is 8.24. The molecule has 3 aromatic carbocycles. The standard InChI is InChI=1S/C27H31NO4/c1-31-27-17-20(4-5-23(27)19-28-12-2-3-13-28)16-22-6-9-24(30)18-26(22)21-7-10-25(11-8-21)32-15-14-29/h4-11,17-18,29-30H,2-3,12-16,19H2,1H3. The van der Waals surface area contributed by atoms with Gasteiger partial charge in [0.1, 0.15) is 23.9 Å². The number of hydrogen-bond donors (Lipinski definition) is 2. The first-order valence-electron chi connectivity index (χ1n) is 11.2. The maximum Gasteiger partial charge on any atom is 0.123 e. The minimum atomic E-state index is -0.0151. The van der Waals surface area contributed by atoms with Crippen LogP contribution >= 0.6 is 0 Å². The van der Waals surface area contributed by atoms with Crippen molar-refractivity contribution >= 4 is 0 Å². The molecule has 1 aliphatic rings. The molecule has 5 heteroatoms. The molecule has 3 aromatic rings. The first-order valence-corrected chi connectivity index (χ1v) is 11.2. The van der Waals surface area contributed by atoms with Crippen molar-refractivity contribution in [1.82, 2.24) is 4.90 Å². The van der Waals surface area contributed by atoms with E-state index in [0.717, 1.165) is 48.5 Å². The summed E-state index contributed by atoms with van der Waals surface area (Å²) in [5.74, 6) is 1.88. The Labute approximate surface area is 189 Å². The molecule has 1 fully saturated rings. The number of phenols is 1. The Bertz CT molecular complexity index is 1030. The molecule has 0 atom stereocenters. The third-order valence-electron chi connectivity index (χ3n) is 5.96. The number of aliphatic hydroxyl groups is 1. The molecule has 0 amide bonds. The van der Waals surface area contributed by atoms with Crippen LogP contribution in [0.25, 0.3) is 11.1 Å². The molecule has 0 unspecified atom stereocenters. The summed E-state index contributed by atoms with van der Waals surface area (Å²) in [7, 11) is 1.74. The van der Waals surface area contributed by atoms with Crippen molar-refractivity contribution < 1.29 is 19.7 Å². The van der Waals surface area contributed by atoms with E-state index in [1.54, 1.807) is 19.2 Å². The highest BCUT2D eigenvalue weighted by molar-refractivity contribution is 5.70. The largest absolute Gasteiger partial charge is 0.508 e. The van der Waals surface area contributed by atoms with Gasteiger partial charge in [-0.05, 0) is 84.9 Å². The van der Waals surface area contributed by atoms with E-state index in [1.807, 2.05) is 30.3 Å². The fourth-order valence-electron chi connectivity index (χ4n) is 4.31. The van der Waals surface area contributed by atoms with Crippen molar-refractivity contribution in [2.24, 2.45) is 0 Å². The number of phenolic OH excluding ortho intramolecular Hbond substituents is 1. The van der Waals surface area contributed by atoms with E-state index >= 15 is 0 Å². The molecule has 32 heavy (non-hydrogen) atoms. The molecule has 2 N–H and O–H groups in total. The Balaban J connectivity index is 1.56. The maximum atomic E-state index is 10.1. The normalized spacial score (nSPS) is 13.9. The van der Waals surface area contributed by atoms with Crippen LogP contribution in [0.1, 0.15) is 29.5 Å². The molecule has 0 saturated carbocycles. The van der Waals surface area contributed by atoms with E-state index in [9.17, 15) is 5.11 Å². The van der Waals surface area contributed by atoms with Crippen molar-refractivity contribution in [3.63, 3.8) is 0 Å². The highest BCUT2D eigenvalue weighted by atomic mass is 16.5. The van der Waals surface area contributed by atoms with Crippen molar-refractivity contribution in [3.8, 4) is 28.4 Å². The lowest BCUT2D eigenvalue weighted by Crippen LogP contribution is -2.18. The summed E-state index contributed by atoms with van der Waals surface area (Å²) in [6.45, 7) is 3.50. The number of aliphatic hydroxyl groups excluding tert-OH is 1. The fraction of sp³-hybridized carbons (Fsp3) is 0.333. The Hall–Kier alpha value is -3.02. The van der Waals surface area contributed by atoms with Crippen LogP contribution in [0, 0.1) is 0 Å². The van der Waals surface area contributed by atoms with Crippen LogP contribution < -0.4 is 9.47 Å². The lowest BCUT2D eigenvalue weighted by Gasteiger charge is -2.18. The van der Waals surface area contributed by atoms with E-state index in [2.05, 4.69) is 23.1 Å². The van der Waals surface area contributed by atoms with Gasteiger partial charge in [-0.15, -0.1) is 0 Å². The van der Waals surface area contributed by atoms with Gasteiger partial charge in [0.05, 0.1) is 13.7 Å². The highest BCUT2D eigenvalue weighted by Crippen LogP contribution is 2.32. The van der Waals surface area contributed by atoms with Crippen LogP contribution in [-0.2, 0) is 13.0 Å². The van der Waals surface area contributed by atoms with E-state index in [-0.39, 0.29) is 19.0 Å². The zero-order valence-corrected chi connectivity index (χ0v) is 18.6. The summed E-state index contributed by atoms with van der Waals surface area (Å²) in [4.78, 5) is 2.48. The first kappa shape index (κ1) is 22.2. The quantitative estimate of drug-likeness (QED) is 0.515. The molecule has 1 heterocycles. The second-order valence-electron chi connectivity index (χ2n) is 8.24. The van der Waals surface area contributed by atoms with Crippen LogP contribution in [-0.4, -0.2) is 48.5 Å². The van der Waals surface area contributed by atoms with Gasteiger partial charge < -0.3 is 19.7 Å². The number of aromatic hydroxyl groups is 1. The molecular formula is C27H31NO4. The summed E-state index contributed by atoms with van der Waals surface area (Å²) in [5, 5.41) is 19.0. The molecule has 4 rings (SSSR count). The average Bonchev–Trinajstić information content (AvgIpc) is 3.33. The topological polar surface area (TPSA) is 62.2 Å². The summed E-state index contributed by atoms with van der Waals surface area (Å²) in [6.07, 6.45) is 3.29. The van der Waals surface area contributed by atoms with Gasteiger partial charge in [-0.2, -0.15) is 0 Å². The molecule has 1 aliphatic heterocycles. The fourth-order valence-corrected chi connectivity index (χ4v) is 4.31.